The lowest BCUT2D eigenvalue weighted by molar-refractivity contribution is 0.0609. The van der Waals surface area contributed by atoms with E-state index in [9.17, 15) is 4.79 Å². The highest BCUT2D eigenvalue weighted by Gasteiger charge is 2.32. The summed E-state index contributed by atoms with van der Waals surface area (Å²) in [4.78, 5) is 14.8. The fourth-order valence-corrected chi connectivity index (χ4v) is 3.46. The van der Waals surface area contributed by atoms with Crippen LogP contribution in [0, 0.1) is 0 Å². The van der Waals surface area contributed by atoms with Gasteiger partial charge >= 0.3 is 0 Å². The van der Waals surface area contributed by atoms with Gasteiger partial charge in [-0.2, -0.15) is 0 Å². The normalized spacial score (nSPS) is 15.6. The third-order valence-corrected chi connectivity index (χ3v) is 5.00. The van der Waals surface area contributed by atoms with Crippen LogP contribution in [0.15, 0.2) is 78.9 Å². The zero-order valence-electron chi connectivity index (χ0n) is 16.4. The quantitative estimate of drug-likeness (QED) is 0.648. The summed E-state index contributed by atoms with van der Waals surface area (Å²) in [5.74, 6) is 0.800. The number of hydrogen-bond acceptors (Lipinski definition) is 4. The predicted molar refractivity (Wildman–Crippen MR) is 113 cm³/mol. The van der Waals surface area contributed by atoms with Gasteiger partial charge < -0.3 is 19.7 Å². The van der Waals surface area contributed by atoms with E-state index in [1.807, 2.05) is 83.8 Å². The minimum atomic E-state index is -0.254. The van der Waals surface area contributed by atoms with Crippen LogP contribution < -0.4 is 10.1 Å². The van der Waals surface area contributed by atoms with Crippen molar-refractivity contribution < 1.29 is 14.3 Å². The monoisotopic (exact) mass is 388 g/mol. The molecule has 3 aromatic carbocycles. The number of carbonyl (C=O) groups excluding carboxylic acids is 1. The molecule has 5 heteroatoms. The van der Waals surface area contributed by atoms with Gasteiger partial charge in [-0.25, -0.2) is 0 Å². The first kappa shape index (κ1) is 19.0. The summed E-state index contributed by atoms with van der Waals surface area (Å²) in [6, 6.07) is 25.6. The number of benzene rings is 3. The maximum absolute atomic E-state index is 13.0. The molecule has 1 N–H and O–H groups in total. The molecule has 1 unspecified atom stereocenters. The summed E-state index contributed by atoms with van der Waals surface area (Å²) in [7, 11) is 1.64. The van der Waals surface area contributed by atoms with Crippen molar-refractivity contribution in [2.45, 2.75) is 12.8 Å². The van der Waals surface area contributed by atoms with Crippen molar-refractivity contribution >= 4 is 11.6 Å². The molecule has 0 saturated heterocycles. The van der Waals surface area contributed by atoms with Crippen molar-refractivity contribution in [3.63, 3.8) is 0 Å². The van der Waals surface area contributed by atoms with Crippen LogP contribution >= 0.6 is 0 Å². The number of nitrogens with one attached hydrogen (secondary N) is 1. The van der Waals surface area contributed by atoms with Gasteiger partial charge in [0.2, 0.25) is 0 Å². The van der Waals surface area contributed by atoms with Gasteiger partial charge in [-0.05, 0) is 35.4 Å². The van der Waals surface area contributed by atoms with Crippen LogP contribution in [0.25, 0.3) is 0 Å². The van der Waals surface area contributed by atoms with Crippen molar-refractivity contribution in [1.82, 2.24) is 4.90 Å². The van der Waals surface area contributed by atoms with Gasteiger partial charge in [0.05, 0.1) is 12.2 Å². The third kappa shape index (κ3) is 4.25. The molecule has 0 bridgehead atoms. The topological polar surface area (TPSA) is 50.8 Å². The maximum Gasteiger partial charge on any atom is 0.257 e. The largest absolute Gasteiger partial charge is 0.489 e. The number of methoxy groups -OCH3 is 1. The third-order valence-electron chi connectivity index (χ3n) is 5.00. The molecule has 29 heavy (non-hydrogen) atoms. The van der Waals surface area contributed by atoms with E-state index in [1.54, 1.807) is 7.11 Å². The molecule has 1 heterocycles. The van der Waals surface area contributed by atoms with Crippen LogP contribution in [-0.2, 0) is 11.3 Å². The van der Waals surface area contributed by atoms with E-state index in [2.05, 4.69) is 5.32 Å². The predicted octanol–water partition coefficient (Wildman–Crippen LogP) is 4.48. The smallest absolute Gasteiger partial charge is 0.257 e. The van der Waals surface area contributed by atoms with E-state index in [1.165, 1.54) is 0 Å². The number of para-hydroxylation sites is 1. The van der Waals surface area contributed by atoms with Crippen LogP contribution in [0.4, 0.5) is 5.69 Å². The van der Waals surface area contributed by atoms with E-state index in [0.717, 1.165) is 22.6 Å². The minimum absolute atomic E-state index is 0.00537. The molecular formula is C24H24N2O3. The van der Waals surface area contributed by atoms with Gasteiger partial charge in [0.15, 0.2) is 0 Å². The Labute approximate surface area is 170 Å². The van der Waals surface area contributed by atoms with Crippen LogP contribution in [0.5, 0.6) is 5.75 Å². The zero-order valence-corrected chi connectivity index (χ0v) is 16.4. The highest BCUT2D eigenvalue weighted by atomic mass is 16.5. The minimum Gasteiger partial charge on any atom is -0.489 e. The van der Waals surface area contributed by atoms with Crippen molar-refractivity contribution in [3.8, 4) is 5.75 Å². The average Bonchev–Trinajstić information content (AvgIpc) is 2.78. The fourth-order valence-electron chi connectivity index (χ4n) is 3.46. The van der Waals surface area contributed by atoms with E-state index >= 15 is 0 Å². The summed E-state index contributed by atoms with van der Waals surface area (Å²) in [5.41, 5.74) is 3.65. The van der Waals surface area contributed by atoms with Crippen LogP contribution in [0.2, 0.25) is 0 Å². The number of ether oxygens (including phenoxy) is 2. The molecule has 3 aromatic rings. The molecule has 148 valence electrons. The molecule has 1 atom stereocenters. The summed E-state index contributed by atoms with van der Waals surface area (Å²) < 4.78 is 11.1. The number of hydrogen-bond donors (Lipinski definition) is 1. The van der Waals surface area contributed by atoms with Crippen LogP contribution in [0.1, 0.15) is 27.7 Å². The molecule has 0 aromatic heterocycles. The van der Waals surface area contributed by atoms with Crippen LogP contribution in [0.3, 0.4) is 0 Å². The number of amides is 1. The summed E-state index contributed by atoms with van der Waals surface area (Å²) >= 11 is 0. The second-order valence-corrected chi connectivity index (χ2v) is 6.93. The molecule has 0 saturated carbocycles. The highest BCUT2D eigenvalue weighted by Crippen LogP contribution is 2.33. The van der Waals surface area contributed by atoms with Gasteiger partial charge in [0, 0.05) is 19.3 Å². The molecule has 0 radical (unpaired) electrons. The number of carbonyl (C=O) groups is 1. The lowest BCUT2D eigenvalue weighted by Gasteiger charge is -2.38. The van der Waals surface area contributed by atoms with Gasteiger partial charge in [0.1, 0.15) is 18.5 Å². The Hall–Kier alpha value is -3.31. The standard InChI is InChI=1S/C24H24N2O3/c1-28-16-15-26-23(25-22-10-6-5-9-21(22)24(26)27)19-11-13-20(14-12-19)29-17-18-7-3-2-4-8-18/h2-14,23,25H,15-17H2,1H3. The Kier molecular flexibility index (Phi) is 5.77. The molecule has 1 aliphatic rings. The number of nitrogens with zero attached hydrogens (tertiary/aromatic N) is 1. The lowest BCUT2D eigenvalue weighted by atomic mass is 10.0. The Morgan fingerprint density at radius 1 is 0.931 bits per heavy atom. The number of anilines is 1. The van der Waals surface area contributed by atoms with Gasteiger partial charge in [-0.15, -0.1) is 0 Å². The van der Waals surface area contributed by atoms with Crippen molar-refractivity contribution in [2.75, 3.05) is 25.6 Å². The van der Waals surface area contributed by atoms with E-state index in [0.29, 0.717) is 25.3 Å². The Morgan fingerprint density at radius 2 is 1.66 bits per heavy atom. The number of rotatable bonds is 7. The molecule has 1 aliphatic heterocycles. The molecule has 0 aliphatic carbocycles. The first-order chi connectivity index (χ1) is 14.3. The Bertz CT molecular complexity index is 957. The second-order valence-electron chi connectivity index (χ2n) is 6.93. The van der Waals surface area contributed by atoms with Gasteiger partial charge in [-0.1, -0.05) is 54.6 Å². The summed E-state index contributed by atoms with van der Waals surface area (Å²) in [5, 5.41) is 3.49. The average molecular weight is 388 g/mol. The van der Waals surface area contributed by atoms with Crippen LogP contribution in [-0.4, -0.2) is 31.1 Å². The Balaban J connectivity index is 1.53. The molecule has 0 spiro atoms. The van der Waals surface area contributed by atoms with Crippen molar-refractivity contribution in [3.05, 3.63) is 95.6 Å². The van der Waals surface area contributed by atoms with Gasteiger partial charge in [-0.3, -0.25) is 4.79 Å². The van der Waals surface area contributed by atoms with E-state index < -0.39 is 0 Å². The zero-order chi connectivity index (χ0) is 20.1. The van der Waals surface area contributed by atoms with E-state index in [-0.39, 0.29) is 12.1 Å². The van der Waals surface area contributed by atoms with Crippen molar-refractivity contribution in [2.24, 2.45) is 0 Å². The molecule has 1 amide bonds. The first-order valence-electron chi connectivity index (χ1n) is 9.68. The second kappa shape index (κ2) is 8.80. The highest BCUT2D eigenvalue weighted by molar-refractivity contribution is 6.01. The summed E-state index contributed by atoms with van der Waals surface area (Å²) in [6.45, 7) is 1.51. The molecule has 4 rings (SSSR count). The first-order valence-corrected chi connectivity index (χ1v) is 9.68. The molecule has 0 fully saturated rings. The van der Waals surface area contributed by atoms with E-state index in [4.69, 9.17) is 9.47 Å². The number of fused-ring (bicyclic) bond motifs is 1. The fraction of sp³-hybridized carbons (Fsp3) is 0.208. The van der Waals surface area contributed by atoms with Gasteiger partial charge in [0.25, 0.3) is 5.91 Å². The molecular weight excluding hydrogens is 364 g/mol. The summed E-state index contributed by atoms with van der Waals surface area (Å²) in [6.07, 6.45) is -0.254. The Morgan fingerprint density at radius 3 is 2.41 bits per heavy atom. The SMILES string of the molecule is COCCN1C(=O)c2ccccc2NC1c1ccc(OCc2ccccc2)cc1. The maximum atomic E-state index is 13.0. The van der Waals surface area contributed by atoms with Crippen molar-refractivity contribution in [1.29, 1.82) is 0 Å². The molecule has 5 nitrogen and oxygen atoms in total. The lowest BCUT2D eigenvalue weighted by Crippen LogP contribution is -2.44.